The third kappa shape index (κ3) is 3.94. The van der Waals surface area contributed by atoms with Crippen molar-refractivity contribution in [1.82, 2.24) is 5.01 Å². The molecule has 2 aromatic carbocycles. The molecule has 0 saturated heterocycles. The number of carboxylic acid groups (broad SMARTS) is 1. The summed E-state index contributed by atoms with van der Waals surface area (Å²) in [6.07, 6.45) is 0.215. The Morgan fingerprint density at radius 3 is 2.50 bits per heavy atom. The van der Waals surface area contributed by atoms with Crippen molar-refractivity contribution in [3.05, 3.63) is 70.2 Å². The predicted octanol–water partition coefficient (Wildman–Crippen LogP) is 4.19. The number of hydrogen-bond acceptors (Lipinski definition) is 3. The van der Waals surface area contributed by atoms with Gasteiger partial charge in [0.05, 0.1) is 18.2 Å². The van der Waals surface area contributed by atoms with Gasteiger partial charge >= 0.3 is 5.97 Å². The van der Waals surface area contributed by atoms with Crippen molar-refractivity contribution in [3.63, 3.8) is 0 Å². The summed E-state index contributed by atoms with van der Waals surface area (Å²) in [5.74, 6) is -1.32. The second-order valence-corrected chi connectivity index (χ2v) is 6.69. The zero-order valence-corrected chi connectivity index (χ0v) is 15.1. The van der Waals surface area contributed by atoms with Crippen LogP contribution in [-0.4, -0.2) is 27.7 Å². The topological polar surface area (TPSA) is 70.0 Å². The van der Waals surface area contributed by atoms with Crippen LogP contribution in [0.4, 0.5) is 0 Å². The quantitative estimate of drug-likeness (QED) is 0.857. The van der Waals surface area contributed by atoms with Crippen LogP contribution in [-0.2, 0) is 9.59 Å². The molecule has 0 unspecified atom stereocenters. The summed E-state index contributed by atoms with van der Waals surface area (Å²) in [6.45, 7) is 2.01. The van der Waals surface area contributed by atoms with Gasteiger partial charge in [-0.15, -0.1) is 0 Å². The van der Waals surface area contributed by atoms with Crippen LogP contribution in [0, 0.1) is 6.92 Å². The number of nitrogens with zero attached hydrogens (tertiary/aromatic N) is 2. The van der Waals surface area contributed by atoms with Crippen molar-refractivity contribution < 1.29 is 14.7 Å². The van der Waals surface area contributed by atoms with E-state index in [1.807, 2.05) is 49.4 Å². The number of benzene rings is 2. The molecule has 0 spiro atoms. The van der Waals surface area contributed by atoms with E-state index in [9.17, 15) is 9.59 Å². The lowest BCUT2D eigenvalue weighted by Gasteiger charge is -2.22. The summed E-state index contributed by atoms with van der Waals surface area (Å²) in [7, 11) is 0. The maximum Gasteiger partial charge on any atom is 0.303 e. The molecular weight excluding hydrogens is 352 g/mol. The third-order valence-corrected chi connectivity index (χ3v) is 4.71. The average molecular weight is 371 g/mol. The van der Waals surface area contributed by atoms with Crippen molar-refractivity contribution in [2.24, 2.45) is 5.10 Å². The number of carbonyl (C=O) groups excluding carboxylic acids is 1. The van der Waals surface area contributed by atoms with Crippen LogP contribution in [0.15, 0.2) is 53.6 Å². The monoisotopic (exact) mass is 370 g/mol. The number of amides is 1. The number of carbonyl (C=O) groups is 2. The number of aliphatic carboxylic acids is 1. The summed E-state index contributed by atoms with van der Waals surface area (Å²) < 4.78 is 0. The fourth-order valence-corrected chi connectivity index (χ4v) is 3.24. The summed E-state index contributed by atoms with van der Waals surface area (Å²) in [6, 6.07) is 15.0. The van der Waals surface area contributed by atoms with Crippen LogP contribution in [0.2, 0.25) is 5.02 Å². The first-order valence-electron chi connectivity index (χ1n) is 8.38. The molecular formula is C20H19ClN2O3. The van der Waals surface area contributed by atoms with Gasteiger partial charge in [0, 0.05) is 17.9 Å². The van der Waals surface area contributed by atoms with Gasteiger partial charge in [0.2, 0.25) is 5.91 Å². The van der Waals surface area contributed by atoms with E-state index in [-0.39, 0.29) is 24.8 Å². The van der Waals surface area contributed by atoms with Crippen molar-refractivity contribution in [2.45, 2.75) is 32.2 Å². The van der Waals surface area contributed by atoms with E-state index < -0.39 is 5.97 Å². The maximum atomic E-state index is 12.6. The highest BCUT2D eigenvalue weighted by atomic mass is 35.5. The fourth-order valence-electron chi connectivity index (χ4n) is 2.98. The zero-order chi connectivity index (χ0) is 18.7. The molecule has 1 aliphatic heterocycles. The van der Waals surface area contributed by atoms with Crippen LogP contribution in [0.3, 0.4) is 0 Å². The lowest BCUT2D eigenvalue weighted by molar-refractivity contribution is -0.141. The molecule has 1 atom stereocenters. The lowest BCUT2D eigenvalue weighted by Crippen LogP contribution is -2.27. The summed E-state index contributed by atoms with van der Waals surface area (Å²) >= 11 is 6.33. The molecule has 0 aliphatic carbocycles. The van der Waals surface area contributed by atoms with E-state index in [2.05, 4.69) is 5.10 Å². The molecule has 0 radical (unpaired) electrons. The summed E-state index contributed by atoms with van der Waals surface area (Å²) in [4.78, 5) is 23.4. The smallest absolute Gasteiger partial charge is 0.303 e. The minimum absolute atomic E-state index is 0.0963. The number of halogens is 1. The molecule has 2 aromatic rings. The van der Waals surface area contributed by atoms with E-state index in [1.54, 1.807) is 6.07 Å². The zero-order valence-electron chi connectivity index (χ0n) is 14.4. The van der Waals surface area contributed by atoms with Gasteiger partial charge in [0.25, 0.3) is 0 Å². The molecule has 0 saturated carbocycles. The third-order valence-electron chi connectivity index (χ3n) is 4.37. The first-order chi connectivity index (χ1) is 12.5. The molecule has 1 heterocycles. The van der Waals surface area contributed by atoms with Crippen molar-refractivity contribution in [2.75, 3.05) is 0 Å². The van der Waals surface area contributed by atoms with Crippen molar-refractivity contribution in [3.8, 4) is 0 Å². The Morgan fingerprint density at radius 1 is 1.15 bits per heavy atom. The Morgan fingerprint density at radius 2 is 1.85 bits per heavy atom. The predicted molar refractivity (Wildman–Crippen MR) is 100 cm³/mol. The van der Waals surface area contributed by atoms with Crippen molar-refractivity contribution in [1.29, 1.82) is 0 Å². The Balaban J connectivity index is 1.93. The first-order valence-corrected chi connectivity index (χ1v) is 8.76. The highest BCUT2D eigenvalue weighted by Crippen LogP contribution is 2.36. The molecule has 1 amide bonds. The Kier molecular flexibility index (Phi) is 5.38. The van der Waals surface area contributed by atoms with Crippen LogP contribution in [0.1, 0.15) is 42.0 Å². The summed E-state index contributed by atoms with van der Waals surface area (Å²) in [5, 5.41) is 15.3. The molecule has 1 aliphatic rings. The highest BCUT2D eigenvalue weighted by Gasteiger charge is 2.34. The molecule has 0 fully saturated rings. The number of hydrogen-bond donors (Lipinski definition) is 1. The van der Waals surface area contributed by atoms with Gasteiger partial charge in [0.15, 0.2) is 0 Å². The molecule has 26 heavy (non-hydrogen) atoms. The van der Waals surface area contributed by atoms with Crippen molar-refractivity contribution >= 4 is 29.2 Å². The SMILES string of the molecule is Cc1ccc(C2=NN(C(=O)CCC(=O)O)[C@@H](c3ccccc3Cl)C2)cc1. The standard InChI is InChI=1S/C20H19ClN2O3/c1-13-6-8-14(9-7-13)17-12-18(15-4-2-3-5-16(15)21)23(22-17)19(24)10-11-20(25)26/h2-9,18H,10-12H2,1H3,(H,25,26)/t18-/m1/s1. The van der Waals surface area contributed by atoms with Gasteiger partial charge in [-0.3, -0.25) is 9.59 Å². The van der Waals surface area contributed by atoms with Gasteiger partial charge in [-0.25, -0.2) is 5.01 Å². The van der Waals surface area contributed by atoms with Gasteiger partial charge in [0.1, 0.15) is 0 Å². The minimum atomic E-state index is -1.01. The molecule has 134 valence electrons. The number of carboxylic acids is 1. The van der Waals surface area contributed by atoms with Gasteiger partial charge in [-0.2, -0.15) is 5.10 Å². The average Bonchev–Trinajstić information content (AvgIpc) is 3.06. The Bertz CT molecular complexity index is 862. The molecule has 0 bridgehead atoms. The van der Waals surface area contributed by atoms with Crippen LogP contribution in [0.25, 0.3) is 0 Å². The van der Waals surface area contributed by atoms with Gasteiger partial charge < -0.3 is 5.11 Å². The molecule has 1 N–H and O–H groups in total. The number of rotatable bonds is 5. The molecule has 5 nitrogen and oxygen atoms in total. The van der Waals surface area contributed by atoms with E-state index in [0.717, 1.165) is 22.4 Å². The Labute approximate surface area is 156 Å². The normalized spacial score (nSPS) is 16.5. The number of hydrazone groups is 1. The highest BCUT2D eigenvalue weighted by molar-refractivity contribution is 6.31. The van der Waals surface area contributed by atoms with E-state index in [4.69, 9.17) is 16.7 Å². The Hall–Kier alpha value is -2.66. The van der Waals surface area contributed by atoms with Crippen LogP contribution in [0.5, 0.6) is 0 Å². The second-order valence-electron chi connectivity index (χ2n) is 6.29. The van der Waals surface area contributed by atoms with Crippen LogP contribution >= 0.6 is 11.6 Å². The second kappa shape index (κ2) is 7.70. The molecule has 6 heteroatoms. The lowest BCUT2D eigenvalue weighted by atomic mass is 9.97. The molecule has 0 aromatic heterocycles. The first kappa shape index (κ1) is 18.1. The number of aryl methyl sites for hydroxylation is 1. The summed E-state index contributed by atoms with van der Waals surface area (Å²) in [5.41, 5.74) is 3.69. The van der Waals surface area contributed by atoms with E-state index in [0.29, 0.717) is 11.4 Å². The fraction of sp³-hybridized carbons (Fsp3) is 0.250. The largest absolute Gasteiger partial charge is 0.481 e. The minimum Gasteiger partial charge on any atom is -0.481 e. The van der Waals surface area contributed by atoms with Crippen LogP contribution < -0.4 is 0 Å². The van der Waals surface area contributed by atoms with Gasteiger partial charge in [-0.05, 0) is 24.1 Å². The van der Waals surface area contributed by atoms with E-state index >= 15 is 0 Å². The van der Waals surface area contributed by atoms with E-state index in [1.165, 1.54) is 5.01 Å². The van der Waals surface area contributed by atoms with Gasteiger partial charge in [-0.1, -0.05) is 59.6 Å². The molecule has 3 rings (SSSR count). The maximum absolute atomic E-state index is 12.6.